The summed E-state index contributed by atoms with van der Waals surface area (Å²) < 4.78 is 11.2. The molecule has 1 aromatic carbocycles. The first kappa shape index (κ1) is 21.4. The maximum Gasteiger partial charge on any atom is 0.234 e. The zero-order valence-corrected chi connectivity index (χ0v) is 19.7. The van der Waals surface area contributed by atoms with E-state index in [1.54, 1.807) is 24.5 Å². The van der Waals surface area contributed by atoms with E-state index in [9.17, 15) is 4.79 Å². The van der Waals surface area contributed by atoms with Crippen LogP contribution in [0.15, 0.2) is 34.4 Å². The quantitative estimate of drug-likeness (QED) is 0.314. The summed E-state index contributed by atoms with van der Waals surface area (Å²) >= 11 is 4.63. The SMILES string of the molecule is COc1cccc(NC(=O)CSc2nc(SC)nc3sc4c(c23)CC(C)(C)OC4)c1. The van der Waals surface area contributed by atoms with Gasteiger partial charge < -0.3 is 14.8 Å². The molecular weight excluding hydrogens is 438 g/mol. The topological polar surface area (TPSA) is 73.3 Å². The summed E-state index contributed by atoms with van der Waals surface area (Å²) in [4.78, 5) is 24.2. The number of carbonyl (C=O) groups excluding carboxylic acids is 1. The van der Waals surface area contributed by atoms with Gasteiger partial charge in [-0.05, 0) is 37.8 Å². The van der Waals surface area contributed by atoms with Gasteiger partial charge in [0.25, 0.3) is 0 Å². The number of carbonyl (C=O) groups is 1. The Hall–Kier alpha value is -1.81. The molecule has 1 aliphatic rings. The molecule has 1 amide bonds. The molecule has 0 radical (unpaired) electrons. The van der Waals surface area contributed by atoms with E-state index in [-0.39, 0.29) is 17.3 Å². The van der Waals surface area contributed by atoms with Crippen molar-refractivity contribution in [3.63, 3.8) is 0 Å². The molecule has 0 atom stereocenters. The van der Waals surface area contributed by atoms with Crippen molar-refractivity contribution < 1.29 is 14.3 Å². The molecule has 4 rings (SSSR count). The molecule has 158 valence electrons. The molecule has 0 spiro atoms. The van der Waals surface area contributed by atoms with Crippen molar-refractivity contribution in [3.05, 3.63) is 34.7 Å². The predicted molar refractivity (Wildman–Crippen MR) is 124 cm³/mol. The number of thiophene rings is 1. The third-order valence-corrected chi connectivity index (χ3v) is 7.38. The third kappa shape index (κ3) is 4.59. The summed E-state index contributed by atoms with van der Waals surface area (Å²) in [6, 6.07) is 7.34. The van der Waals surface area contributed by atoms with Gasteiger partial charge in [0.05, 0.1) is 25.1 Å². The molecule has 3 heterocycles. The second kappa shape index (κ2) is 8.74. The van der Waals surface area contributed by atoms with Crippen LogP contribution in [0.1, 0.15) is 24.3 Å². The van der Waals surface area contributed by atoms with Gasteiger partial charge in [0.1, 0.15) is 15.6 Å². The fourth-order valence-corrected chi connectivity index (χ4v) is 5.82. The first-order chi connectivity index (χ1) is 14.4. The molecule has 0 saturated carbocycles. The van der Waals surface area contributed by atoms with Crippen molar-refractivity contribution in [2.24, 2.45) is 0 Å². The van der Waals surface area contributed by atoms with Crippen LogP contribution in [0.4, 0.5) is 5.69 Å². The Bertz CT molecular complexity index is 1100. The van der Waals surface area contributed by atoms with Crippen LogP contribution in [0.5, 0.6) is 5.75 Å². The summed E-state index contributed by atoms with van der Waals surface area (Å²) in [5.41, 5.74) is 1.75. The van der Waals surface area contributed by atoms with E-state index < -0.39 is 0 Å². The van der Waals surface area contributed by atoms with E-state index in [2.05, 4.69) is 19.2 Å². The lowest BCUT2D eigenvalue weighted by molar-refractivity contribution is -0.113. The van der Waals surface area contributed by atoms with Crippen LogP contribution in [0.2, 0.25) is 0 Å². The minimum Gasteiger partial charge on any atom is -0.497 e. The van der Waals surface area contributed by atoms with Gasteiger partial charge in [-0.25, -0.2) is 9.97 Å². The minimum atomic E-state index is -0.217. The van der Waals surface area contributed by atoms with Gasteiger partial charge in [0.2, 0.25) is 5.91 Å². The van der Waals surface area contributed by atoms with Gasteiger partial charge in [0, 0.05) is 28.4 Å². The second-order valence-corrected chi connectivity index (χ2v) is 10.3. The Morgan fingerprint density at radius 1 is 1.37 bits per heavy atom. The zero-order valence-electron chi connectivity index (χ0n) is 17.3. The molecule has 30 heavy (non-hydrogen) atoms. The van der Waals surface area contributed by atoms with Crippen molar-refractivity contribution in [1.29, 1.82) is 0 Å². The van der Waals surface area contributed by atoms with Crippen molar-refractivity contribution in [3.8, 4) is 5.75 Å². The Labute approximate surface area is 188 Å². The van der Waals surface area contributed by atoms with Crippen molar-refractivity contribution in [2.45, 2.75) is 42.7 Å². The number of ether oxygens (including phenoxy) is 2. The van der Waals surface area contributed by atoms with Gasteiger partial charge >= 0.3 is 0 Å². The van der Waals surface area contributed by atoms with E-state index in [4.69, 9.17) is 19.4 Å². The number of methoxy groups -OCH3 is 1. The summed E-state index contributed by atoms with van der Waals surface area (Å²) in [6.07, 6.45) is 2.78. The van der Waals surface area contributed by atoms with E-state index in [0.29, 0.717) is 18.0 Å². The number of aromatic nitrogens is 2. The van der Waals surface area contributed by atoms with E-state index >= 15 is 0 Å². The number of thioether (sulfide) groups is 2. The predicted octanol–water partition coefficient (Wildman–Crippen LogP) is 5.00. The Morgan fingerprint density at radius 3 is 2.97 bits per heavy atom. The summed E-state index contributed by atoms with van der Waals surface area (Å²) in [6.45, 7) is 4.80. The van der Waals surface area contributed by atoms with Gasteiger partial charge in [-0.2, -0.15) is 0 Å². The molecule has 9 heteroatoms. The fourth-order valence-electron chi connectivity index (χ4n) is 3.32. The molecule has 1 aliphatic heterocycles. The van der Waals surface area contributed by atoms with Crippen LogP contribution in [0, 0.1) is 0 Å². The molecule has 0 unspecified atom stereocenters. The number of nitrogens with one attached hydrogen (secondary N) is 1. The molecule has 0 aliphatic carbocycles. The average Bonchev–Trinajstić information content (AvgIpc) is 3.08. The van der Waals surface area contributed by atoms with E-state index in [0.717, 1.165) is 26.8 Å². The highest BCUT2D eigenvalue weighted by Crippen LogP contribution is 2.42. The lowest BCUT2D eigenvalue weighted by Gasteiger charge is -2.30. The number of hydrogen-bond donors (Lipinski definition) is 1. The molecule has 0 fully saturated rings. The summed E-state index contributed by atoms with van der Waals surface area (Å²) in [5.74, 6) is 0.887. The molecule has 6 nitrogen and oxygen atoms in total. The van der Waals surface area contributed by atoms with Gasteiger partial charge in [0.15, 0.2) is 5.16 Å². The summed E-state index contributed by atoms with van der Waals surface area (Å²) in [5, 5.41) is 5.58. The van der Waals surface area contributed by atoms with Crippen LogP contribution in [0.3, 0.4) is 0 Å². The van der Waals surface area contributed by atoms with Crippen molar-refractivity contribution in [2.75, 3.05) is 24.4 Å². The molecule has 0 bridgehead atoms. The number of hydrogen-bond acceptors (Lipinski definition) is 8. The molecule has 3 aromatic rings. The second-order valence-electron chi connectivity index (χ2n) is 7.49. The highest BCUT2D eigenvalue weighted by Gasteiger charge is 2.31. The zero-order chi connectivity index (χ0) is 21.3. The standard InChI is InChI=1S/C21H23N3O3S3/c1-21(2)9-14-15(10-27-21)30-19-17(14)18(23-20(24-19)28-4)29-11-16(25)22-12-6-5-7-13(8-12)26-3/h5-8H,9-11H2,1-4H3,(H,22,25). The van der Waals surface area contributed by atoms with Gasteiger partial charge in [-0.15, -0.1) is 11.3 Å². The average molecular weight is 462 g/mol. The van der Waals surface area contributed by atoms with Crippen LogP contribution in [0.25, 0.3) is 10.2 Å². The first-order valence-corrected chi connectivity index (χ1v) is 12.5. The number of nitrogens with zero attached hydrogens (tertiary/aromatic N) is 2. The van der Waals surface area contributed by atoms with Crippen LogP contribution < -0.4 is 10.1 Å². The minimum absolute atomic E-state index is 0.0847. The first-order valence-electron chi connectivity index (χ1n) is 9.45. The normalized spacial score (nSPS) is 15.1. The maximum atomic E-state index is 12.6. The van der Waals surface area contributed by atoms with Crippen LogP contribution >= 0.6 is 34.9 Å². The maximum absolute atomic E-state index is 12.6. The number of rotatable bonds is 6. The Balaban J connectivity index is 1.58. The Morgan fingerprint density at radius 2 is 2.20 bits per heavy atom. The molecule has 1 N–H and O–H groups in total. The van der Waals surface area contributed by atoms with Gasteiger partial charge in [-0.1, -0.05) is 29.6 Å². The third-order valence-electron chi connectivity index (χ3n) is 4.75. The lowest BCUT2D eigenvalue weighted by atomic mass is 9.95. The van der Waals surface area contributed by atoms with Crippen LogP contribution in [-0.2, 0) is 22.6 Å². The highest BCUT2D eigenvalue weighted by atomic mass is 32.2. The molecule has 2 aromatic heterocycles. The van der Waals surface area contributed by atoms with Crippen LogP contribution in [-0.4, -0.2) is 40.6 Å². The van der Waals surface area contributed by atoms with E-state index in [1.165, 1.54) is 34.0 Å². The molecular formula is C21H23N3O3S3. The number of amides is 1. The Kier molecular flexibility index (Phi) is 6.24. The fraction of sp³-hybridized carbons (Fsp3) is 0.381. The molecule has 0 saturated heterocycles. The summed E-state index contributed by atoms with van der Waals surface area (Å²) in [7, 11) is 1.61. The number of anilines is 1. The van der Waals surface area contributed by atoms with E-state index in [1.807, 2.05) is 24.5 Å². The van der Waals surface area contributed by atoms with Crippen molar-refractivity contribution in [1.82, 2.24) is 9.97 Å². The monoisotopic (exact) mass is 461 g/mol. The lowest BCUT2D eigenvalue weighted by Crippen LogP contribution is -2.31. The number of benzene rings is 1. The van der Waals surface area contributed by atoms with Gasteiger partial charge in [-0.3, -0.25) is 4.79 Å². The largest absolute Gasteiger partial charge is 0.497 e. The smallest absolute Gasteiger partial charge is 0.234 e. The highest BCUT2D eigenvalue weighted by molar-refractivity contribution is 8.00. The number of fused-ring (bicyclic) bond motifs is 3. The van der Waals surface area contributed by atoms with Crippen molar-refractivity contribution >= 4 is 56.7 Å².